The normalized spacial score (nSPS) is 6.43. The standard InChI is InChI=1S/C4H5O2.Na/c1-4(6)2-3-5;/h2H2,1H3;/q-1;+1. The quantitative estimate of drug-likeness (QED) is 0.216. The van der Waals surface area contributed by atoms with Crippen LogP contribution in [0.1, 0.15) is 13.3 Å². The van der Waals surface area contributed by atoms with Gasteiger partial charge < -0.3 is 9.59 Å². The molecule has 0 unspecified atom stereocenters. The number of hydrogen-bond acceptors (Lipinski definition) is 2. The van der Waals surface area contributed by atoms with Crippen LogP contribution in [0.15, 0.2) is 0 Å². The topological polar surface area (TPSA) is 34.1 Å². The summed E-state index contributed by atoms with van der Waals surface area (Å²) in [7, 11) is 0. The molecule has 2 nitrogen and oxygen atoms in total. The summed E-state index contributed by atoms with van der Waals surface area (Å²) in [5.41, 5.74) is 0. The maximum atomic E-state index is 9.78. The molecule has 0 aromatic heterocycles. The van der Waals surface area contributed by atoms with Crippen molar-refractivity contribution in [2.75, 3.05) is 0 Å². The molecule has 0 aromatic carbocycles. The third-order valence-electron chi connectivity index (χ3n) is 0.321. The Labute approximate surface area is 64.6 Å². The Hall–Kier alpha value is 0.340. The van der Waals surface area contributed by atoms with E-state index < -0.39 is 0 Å². The van der Waals surface area contributed by atoms with E-state index in [0.29, 0.717) is 0 Å². The molecule has 0 aliphatic rings. The Kier molecular flexibility index (Phi) is 9.37. The molecule has 3 heteroatoms. The number of carbonyl (C=O) groups excluding carboxylic acids is 2. The fourth-order valence-corrected chi connectivity index (χ4v) is 0.102. The van der Waals surface area contributed by atoms with Gasteiger partial charge >= 0.3 is 29.6 Å². The SMILES string of the molecule is CC(=O)C[C-]=O.[Na+]. The Morgan fingerprint density at radius 3 is 2.14 bits per heavy atom. The number of carbonyl (C=O) groups is 1. The van der Waals surface area contributed by atoms with E-state index in [2.05, 4.69) is 0 Å². The summed E-state index contributed by atoms with van der Waals surface area (Å²) < 4.78 is 0. The van der Waals surface area contributed by atoms with Gasteiger partial charge in [-0.05, 0) is 6.92 Å². The second kappa shape index (κ2) is 6.34. The molecule has 0 aromatic rings. The molecule has 0 saturated carbocycles. The summed E-state index contributed by atoms with van der Waals surface area (Å²) in [6, 6.07) is 0. The molecule has 0 aliphatic heterocycles. The van der Waals surface area contributed by atoms with Crippen molar-refractivity contribution < 1.29 is 39.1 Å². The minimum absolute atomic E-state index is 0. The van der Waals surface area contributed by atoms with Crippen LogP contribution in [0.3, 0.4) is 0 Å². The van der Waals surface area contributed by atoms with Crippen LogP contribution in [-0.4, -0.2) is 12.1 Å². The van der Waals surface area contributed by atoms with Gasteiger partial charge in [-0.1, -0.05) is 6.42 Å². The van der Waals surface area contributed by atoms with Gasteiger partial charge in [-0.15, -0.1) is 0 Å². The summed E-state index contributed by atoms with van der Waals surface area (Å²) in [6.07, 6.45) is 1.40. The first-order chi connectivity index (χ1) is 2.77. The van der Waals surface area contributed by atoms with Gasteiger partial charge in [0.15, 0.2) is 0 Å². The average molecular weight is 108 g/mol. The molecule has 0 fully saturated rings. The third kappa shape index (κ3) is 10.7. The van der Waals surface area contributed by atoms with Gasteiger partial charge in [0, 0.05) is 0 Å². The summed E-state index contributed by atoms with van der Waals surface area (Å²) in [5.74, 6) is -0.134. The number of rotatable bonds is 2. The van der Waals surface area contributed by atoms with E-state index in [0.717, 1.165) is 0 Å². The Bertz CT molecular complexity index is 70.1. The Morgan fingerprint density at radius 1 is 1.71 bits per heavy atom. The van der Waals surface area contributed by atoms with E-state index in [9.17, 15) is 9.59 Å². The Morgan fingerprint density at radius 2 is 2.14 bits per heavy atom. The third-order valence-corrected chi connectivity index (χ3v) is 0.321. The molecule has 0 rings (SSSR count). The summed E-state index contributed by atoms with van der Waals surface area (Å²) in [5, 5.41) is 0. The average Bonchev–Trinajstić information content (AvgIpc) is 1.35. The van der Waals surface area contributed by atoms with Crippen LogP contribution in [0.4, 0.5) is 0 Å². The van der Waals surface area contributed by atoms with Gasteiger partial charge in [-0.25, -0.2) is 0 Å². The van der Waals surface area contributed by atoms with E-state index >= 15 is 0 Å². The van der Waals surface area contributed by atoms with Gasteiger partial charge in [-0.3, -0.25) is 6.29 Å². The second-order valence-corrected chi connectivity index (χ2v) is 1.02. The molecule has 0 radical (unpaired) electrons. The summed E-state index contributed by atoms with van der Waals surface area (Å²) >= 11 is 0. The van der Waals surface area contributed by atoms with Crippen molar-refractivity contribution in [3.63, 3.8) is 0 Å². The van der Waals surface area contributed by atoms with E-state index in [1.54, 1.807) is 0 Å². The predicted octanol–water partition coefficient (Wildman–Crippen LogP) is -2.92. The first kappa shape index (κ1) is 10.3. The van der Waals surface area contributed by atoms with E-state index in [-0.39, 0.29) is 41.8 Å². The zero-order valence-corrected chi connectivity index (χ0v) is 6.52. The van der Waals surface area contributed by atoms with Crippen molar-refractivity contribution in [1.82, 2.24) is 0 Å². The molecule has 0 heterocycles. The fourth-order valence-electron chi connectivity index (χ4n) is 0.102. The monoisotopic (exact) mass is 108 g/mol. The van der Waals surface area contributed by atoms with Crippen molar-refractivity contribution in [3.8, 4) is 0 Å². The number of hydrogen-bond donors (Lipinski definition) is 0. The summed E-state index contributed by atoms with van der Waals surface area (Å²) in [4.78, 5) is 19.1. The van der Waals surface area contributed by atoms with Gasteiger partial charge in [0.1, 0.15) is 5.78 Å². The van der Waals surface area contributed by atoms with Gasteiger partial charge in [0.05, 0.1) is 0 Å². The molecule has 0 spiro atoms. The molecule has 0 amide bonds. The van der Waals surface area contributed by atoms with Crippen LogP contribution in [0.25, 0.3) is 0 Å². The van der Waals surface area contributed by atoms with E-state index in [1.807, 2.05) is 0 Å². The van der Waals surface area contributed by atoms with Crippen molar-refractivity contribution in [2.45, 2.75) is 13.3 Å². The molecule has 0 atom stereocenters. The maximum Gasteiger partial charge on any atom is 1.00 e. The zero-order chi connectivity index (χ0) is 4.99. The predicted molar refractivity (Wildman–Crippen MR) is 21.0 cm³/mol. The molecule has 0 aliphatic carbocycles. The van der Waals surface area contributed by atoms with Gasteiger partial charge in [0.2, 0.25) is 0 Å². The van der Waals surface area contributed by atoms with Crippen LogP contribution >= 0.6 is 0 Å². The van der Waals surface area contributed by atoms with Crippen molar-refractivity contribution in [2.24, 2.45) is 0 Å². The number of Topliss-reactive ketones (excluding diaryl/α,β-unsaturated/α-hetero) is 1. The maximum absolute atomic E-state index is 9.78. The first-order valence-electron chi connectivity index (χ1n) is 1.62. The smallest absolute Gasteiger partial charge is 0.541 e. The van der Waals surface area contributed by atoms with Crippen LogP contribution in [0.5, 0.6) is 0 Å². The molecule has 0 N–H and O–H groups in total. The van der Waals surface area contributed by atoms with Crippen LogP contribution in [0.2, 0.25) is 0 Å². The number of ketones is 1. The first-order valence-corrected chi connectivity index (χ1v) is 1.62. The minimum atomic E-state index is -0.134. The molecule has 0 bridgehead atoms. The molecule has 34 valence electrons. The van der Waals surface area contributed by atoms with E-state index in [4.69, 9.17) is 0 Å². The molecular formula is C4H5NaO2. The van der Waals surface area contributed by atoms with Gasteiger partial charge in [0.25, 0.3) is 0 Å². The zero-order valence-electron chi connectivity index (χ0n) is 4.52. The molecular weight excluding hydrogens is 103 g/mol. The largest absolute Gasteiger partial charge is 1.00 e. The molecule has 7 heavy (non-hydrogen) atoms. The molecule has 0 saturated heterocycles. The van der Waals surface area contributed by atoms with Crippen molar-refractivity contribution in [1.29, 1.82) is 0 Å². The minimum Gasteiger partial charge on any atom is -0.541 e. The van der Waals surface area contributed by atoms with Crippen molar-refractivity contribution in [3.05, 3.63) is 0 Å². The van der Waals surface area contributed by atoms with Crippen LogP contribution < -0.4 is 29.6 Å². The summed E-state index contributed by atoms with van der Waals surface area (Å²) in [6.45, 7) is 1.35. The van der Waals surface area contributed by atoms with E-state index in [1.165, 1.54) is 13.2 Å². The van der Waals surface area contributed by atoms with Crippen molar-refractivity contribution >= 4 is 12.1 Å². The second-order valence-electron chi connectivity index (χ2n) is 1.02. The fraction of sp³-hybridized carbons (Fsp3) is 0.500. The Balaban J connectivity index is 0. The van der Waals surface area contributed by atoms with Crippen LogP contribution in [-0.2, 0) is 9.59 Å². The van der Waals surface area contributed by atoms with Crippen LogP contribution in [0, 0.1) is 0 Å². The van der Waals surface area contributed by atoms with Gasteiger partial charge in [-0.2, -0.15) is 0 Å².